The van der Waals surface area contributed by atoms with Gasteiger partial charge in [-0.25, -0.2) is 0 Å². The molecule has 0 unspecified atom stereocenters. The monoisotopic (exact) mass is 249 g/mol. The van der Waals surface area contributed by atoms with Crippen molar-refractivity contribution in [2.75, 3.05) is 7.05 Å². The number of hydrogen-bond donors (Lipinski definition) is 0. The maximum Gasteiger partial charge on any atom is 0.258 e. The van der Waals surface area contributed by atoms with E-state index in [1.807, 2.05) is 48.5 Å². The summed E-state index contributed by atoms with van der Waals surface area (Å²) in [5.41, 5.74) is 3.49. The first-order chi connectivity index (χ1) is 9.25. The van der Waals surface area contributed by atoms with Crippen LogP contribution in [0.4, 0.5) is 0 Å². The number of benzene rings is 2. The van der Waals surface area contributed by atoms with Crippen molar-refractivity contribution < 1.29 is 9.53 Å². The lowest BCUT2D eigenvalue weighted by Crippen LogP contribution is -2.16. The molecule has 19 heavy (non-hydrogen) atoms. The number of nitrogens with zero attached hydrogens (tertiary/aromatic N) is 1. The van der Waals surface area contributed by atoms with E-state index in [9.17, 15) is 4.79 Å². The number of ether oxygens (including phenoxy) is 1. The largest absolute Gasteiger partial charge is 0.456 e. The van der Waals surface area contributed by atoms with E-state index in [0.717, 1.165) is 28.3 Å². The number of fused-ring (bicyclic) bond motifs is 1. The molecule has 3 nitrogen and oxygen atoms in total. The Hall–Kier alpha value is -2.55. The second-order valence-electron chi connectivity index (χ2n) is 4.71. The Morgan fingerprint density at radius 2 is 1.79 bits per heavy atom. The Balaban J connectivity index is 2.08. The molecule has 0 spiro atoms. The molecule has 0 radical (unpaired) electrons. The van der Waals surface area contributed by atoms with Gasteiger partial charge in [0.15, 0.2) is 0 Å². The fourth-order valence-corrected chi connectivity index (χ4v) is 2.64. The van der Waals surface area contributed by atoms with Gasteiger partial charge >= 0.3 is 0 Å². The number of para-hydroxylation sites is 1. The van der Waals surface area contributed by atoms with Crippen LogP contribution >= 0.6 is 0 Å². The van der Waals surface area contributed by atoms with E-state index in [4.69, 9.17) is 4.74 Å². The highest BCUT2D eigenvalue weighted by atomic mass is 16.5. The number of hydrogen-bond acceptors (Lipinski definition) is 2. The Labute approximate surface area is 110 Å². The molecule has 2 aromatic rings. The SMILES string of the molecule is CN1C(=O)c2cccc3c2C1=Cc1ccccc1O3. The minimum absolute atomic E-state index is 0.0195. The van der Waals surface area contributed by atoms with Gasteiger partial charge in [-0.2, -0.15) is 0 Å². The molecule has 0 N–H and O–H groups in total. The first kappa shape index (κ1) is 10.4. The molecule has 0 aliphatic carbocycles. The predicted octanol–water partition coefficient (Wildman–Crippen LogP) is 3.38. The molecule has 3 heteroatoms. The number of carbonyl (C=O) groups is 1. The van der Waals surface area contributed by atoms with Gasteiger partial charge < -0.3 is 9.64 Å². The first-order valence-corrected chi connectivity index (χ1v) is 6.16. The van der Waals surface area contributed by atoms with Crippen molar-refractivity contribution in [2.24, 2.45) is 0 Å². The van der Waals surface area contributed by atoms with E-state index in [2.05, 4.69) is 0 Å². The van der Waals surface area contributed by atoms with E-state index in [0.29, 0.717) is 5.56 Å². The highest BCUT2D eigenvalue weighted by molar-refractivity contribution is 6.13. The summed E-state index contributed by atoms with van der Waals surface area (Å²) >= 11 is 0. The third-order valence-corrected chi connectivity index (χ3v) is 3.61. The van der Waals surface area contributed by atoms with E-state index in [-0.39, 0.29) is 5.91 Å². The highest BCUT2D eigenvalue weighted by Gasteiger charge is 2.33. The van der Waals surface area contributed by atoms with E-state index in [1.54, 1.807) is 11.9 Å². The summed E-state index contributed by atoms with van der Waals surface area (Å²) in [6.45, 7) is 0. The van der Waals surface area contributed by atoms with Crippen molar-refractivity contribution in [1.82, 2.24) is 4.90 Å². The van der Waals surface area contributed by atoms with E-state index < -0.39 is 0 Å². The van der Waals surface area contributed by atoms with Gasteiger partial charge in [0, 0.05) is 12.6 Å². The van der Waals surface area contributed by atoms with Crippen LogP contribution in [-0.4, -0.2) is 17.9 Å². The van der Waals surface area contributed by atoms with Crippen LogP contribution in [-0.2, 0) is 0 Å². The van der Waals surface area contributed by atoms with Gasteiger partial charge in [-0.05, 0) is 24.3 Å². The summed E-state index contributed by atoms with van der Waals surface area (Å²) < 4.78 is 5.96. The van der Waals surface area contributed by atoms with Crippen molar-refractivity contribution in [3.63, 3.8) is 0 Å². The van der Waals surface area contributed by atoms with Crippen molar-refractivity contribution >= 4 is 17.7 Å². The minimum Gasteiger partial charge on any atom is -0.456 e. The van der Waals surface area contributed by atoms with Crippen molar-refractivity contribution in [3.05, 3.63) is 59.2 Å². The zero-order chi connectivity index (χ0) is 13.0. The van der Waals surface area contributed by atoms with Crippen LogP contribution in [0.25, 0.3) is 11.8 Å². The maximum absolute atomic E-state index is 12.2. The standard InChI is InChI=1S/C16H11NO2/c1-17-12-9-10-5-2-3-7-13(10)19-14-8-4-6-11(15(12)14)16(17)18/h2-9H,1H3. The molecule has 0 bridgehead atoms. The fourth-order valence-electron chi connectivity index (χ4n) is 2.64. The summed E-state index contributed by atoms with van der Waals surface area (Å²) in [7, 11) is 1.80. The molecule has 1 amide bonds. The summed E-state index contributed by atoms with van der Waals surface area (Å²) in [6.07, 6.45) is 2.01. The predicted molar refractivity (Wildman–Crippen MR) is 72.9 cm³/mol. The van der Waals surface area contributed by atoms with Crippen LogP contribution in [0.3, 0.4) is 0 Å². The van der Waals surface area contributed by atoms with Crippen molar-refractivity contribution in [3.8, 4) is 11.5 Å². The fraction of sp³-hybridized carbons (Fsp3) is 0.0625. The normalized spacial score (nSPS) is 15.3. The van der Waals surface area contributed by atoms with E-state index >= 15 is 0 Å². The van der Waals surface area contributed by atoms with Gasteiger partial charge in [0.05, 0.1) is 16.8 Å². The third-order valence-electron chi connectivity index (χ3n) is 3.61. The van der Waals surface area contributed by atoms with Gasteiger partial charge in [0.2, 0.25) is 0 Å². The Morgan fingerprint density at radius 1 is 1.00 bits per heavy atom. The molecule has 2 aromatic carbocycles. The zero-order valence-electron chi connectivity index (χ0n) is 10.4. The van der Waals surface area contributed by atoms with Crippen LogP contribution in [0.1, 0.15) is 21.5 Å². The van der Waals surface area contributed by atoms with Crippen molar-refractivity contribution in [2.45, 2.75) is 0 Å². The number of carbonyl (C=O) groups excluding carboxylic acids is 1. The van der Waals surface area contributed by atoms with Crippen LogP contribution in [0, 0.1) is 0 Å². The van der Waals surface area contributed by atoms with Crippen LogP contribution in [0.2, 0.25) is 0 Å². The molecule has 2 aliphatic heterocycles. The lowest BCUT2D eigenvalue weighted by Gasteiger charge is -2.10. The second kappa shape index (κ2) is 3.48. The van der Waals surface area contributed by atoms with Gasteiger partial charge in [-0.15, -0.1) is 0 Å². The van der Waals surface area contributed by atoms with Gasteiger partial charge in [-0.1, -0.05) is 24.3 Å². The molecule has 0 saturated carbocycles. The zero-order valence-corrected chi connectivity index (χ0v) is 10.4. The molecule has 92 valence electrons. The number of rotatable bonds is 0. The minimum atomic E-state index is 0.0195. The van der Waals surface area contributed by atoms with Crippen LogP contribution in [0.15, 0.2) is 42.5 Å². The summed E-state index contributed by atoms with van der Waals surface area (Å²) in [5, 5.41) is 0. The summed E-state index contributed by atoms with van der Waals surface area (Å²) in [6, 6.07) is 13.4. The Kier molecular flexibility index (Phi) is 1.90. The molecular formula is C16H11NO2. The number of amides is 1. The van der Waals surface area contributed by atoms with Gasteiger partial charge in [0.1, 0.15) is 11.5 Å². The molecule has 0 fully saturated rings. The van der Waals surface area contributed by atoms with Crippen LogP contribution < -0.4 is 4.74 Å². The summed E-state index contributed by atoms with van der Waals surface area (Å²) in [5.74, 6) is 1.58. The average Bonchev–Trinajstić information content (AvgIpc) is 2.61. The molecule has 0 saturated heterocycles. The van der Waals surface area contributed by atoms with Gasteiger partial charge in [-0.3, -0.25) is 4.79 Å². The molecule has 4 rings (SSSR count). The smallest absolute Gasteiger partial charge is 0.258 e. The quantitative estimate of drug-likeness (QED) is 0.716. The average molecular weight is 249 g/mol. The van der Waals surface area contributed by atoms with Crippen LogP contribution in [0.5, 0.6) is 11.5 Å². The first-order valence-electron chi connectivity index (χ1n) is 6.16. The Bertz CT molecular complexity index is 746. The summed E-state index contributed by atoms with van der Waals surface area (Å²) in [4.78, 5) is 13.9. The lowest BCUT2D eigenvalue weighted by molar-refractivity contribution is 0.0875. The van der Waals surface area contributed by atoms with E-state index in [1.165, 1.54) is 0 Å². The highest BCUT2D eigenvalue weighted by Crippen LogP contribution is 2.44. The lowest BCUT2D eigenvalue weighted by atomic mass is 10.1. The third kappa shape index (κ3) is 1.30. The molecule has 0 aromatic heterocycles. The topological polar surface area (TPSA) is 29.5 Å². The van der Waals surface area contributed by atoms with Gasteiger partial charge in [0.25, 0.3) is 5.91 Å². The second-order valence-corrected chi connectivity index (χ2v) is 4.71. The van der Waals surface area contributed by atoms with Crippen molar-refractivity contribution in [1.29, 1.82) is 0 Å². The molecule has 0 atom stereocenters. The molecular weight excluding hydrogens is 238 g/mol. The maximum atomic E-state index is 12.2. The Morgan fingerprint density at radius 3 is 2.68 bits per heavy atom. The molecule has 2 heterocycles. The molecule has 2 aliphatic rings.